The molecule has 1 saturated heterocycles. The Kier molecular flexibility index (Phi) is 8.15. The molecule has 1 heterocycles. The summed E-state index contributed by atoms with van der Waals surface area (Å²) in [5, 5.41) is 14.0. The average molecular weight is 414 g/mol. The van der Waals surface area contributed by atoms with E-state index >= 15 is 0 Å². The zero-order chi connectivity index (χ0) is 20.6. The first-order valence-electron chi connectivity index (χ1n) is 9.14. The summed E-state index contributed by atoms with van der Waals surface area (Å²) in [7, 11) is -1.90. The number of nitro benzene ring substituents is 1. The van der Waals surface area contributed by atoms with E-state index in [0.29, 0.717) is 18.4 Å². The average Bonchev–Trinajstić information content (AvgIpc) is 3.17. The molecule has 0 amide bonds. The van der Waals surface area contributed by atoms with Crippen molar-refractivity contribution in [2.75, 3.05) is 46.4 Å². The molecule has 0 bridgehead atoms. The molecule has 1 fully saturated rings. The van der Waals surface area contributed by atoms with E-state index in [9.17, 15) is 18.5 Å². The number of hydrogen-bond donors (Lipinski definition) is 2. The third-order valence-corrected chi connectivity index (χ3v) is 5.72. The van der Waals surface area contributed by atoms with Gasteiger partial charge in [-0.3, -0.25) is 15.1 Å². The van der Waals surface area contributed by atoms with Crippen LogP contribution in [0.2, 0.25) is 0 Å². The largest absolute Gasteiger partial charge is 0.381 e. The molecule has 1 aromatic rings. The predicted octanol–water partition coefficient (Wildman–Crippen LogP) is 0.807. The SMILES string of the molecule is CCNC(=NCCNS(=O)(=O)c1cccc([N+](=O)[O-])c1)N(C)CC1CCOC1. The molecule has 1 aromatic carbocycles. The number of hydrogen-bond acceptors (Lipinski definition) is 6. The third-order valence-electron chi connectivity index (χ3n) is 4.26. The lowest BCUT2D eigenvalue weighted by Crippen LogP contribution is -2.42. The van der Waals surface area contributed by atoms with E-state index in [0.717, 1.165) is 32.2 Å². The number of ether oxygens (including phenoxy) is 1. The van der Waals surface area contributed by atoms with E-state index in [4.69, 9.17) is 4.74 Å². The van der Waals surface area contributed by atoms with Gasteiger partial charge in [0.25, 0.3) is 5.69 Å². The molecule has 1 unspecified atom stereocenters. The highest BCUT2D eigenvalue weighted by atomic mass is 32.2. The number of sulfonamides is 1. The van der Waals surface area contributed by atoms with Gasteiger partial charge >= 0.3 is 0 Å². The van der Waals surface area contributed by atoms with Crippen LogP contribution in [0.5, 0.6) is 0 Å². The Balaban J connectivity index is 1.93. The lowest BCUT2D eigenvalue weighted by molar-refractivity contribution is -0.385. The van der Waals surface area contributed by atoms with Crippen LogP contribution >= 0.6 is 0 Å². The number of nitro groups is 1. The maximum absolute atomic E-state index is 12.3. The summed E-state index contributed by atoms with van der Waals surface area (Å²) < 4.78 is 32.5. The number of aliphatic imine (C=N–C) groups is 1. The Morgan fingerprint density at radius 1 is 1.46 bits per heavy atom. The van der Waals surface area contributed by atoms with Crippen LogP contribution < -0.4 is 10.0 Å². The van der Waals surface area contributed by atoms with Gasteiger partial charge in [-0.25, -0.2) is 13.1 Å². The first-order valence-corrected chi connectivity index (χ1v) is 10.6. The normalized spacial score (nSPS) is 17.5. The van der Waals surface area contributed by atoms with Gasteiger partial charge in [0, 0.05) is 51.3 Å². The molecule has 0 aliphatic carbocycles. The summed E-state index contributed by atoms with van der Waals surface area (Å²) in [6.07, 6.45) is 1.02. The fourth-order valence-electron chi connectivity index (χ4n) is 2.86. The monoisotopic (exact) mass is 413 g/mol. The molecule has 0 spiro atoms. The van der Waals surface area contributed by atoms with Crippen molar-refractivity contribution in [3.05, 3.63) is 34.4 Å². The van der Waals surface area contributed by atoms with Gasteiger partial charge in [-0.2, -0.15) is 0 Å². The van der Waals surface area contributed by atoms with E-state index < -0.39 is 14.9 Å². The van der Waals surface area contributed by atoms with Gasteiger partial charge in [0.05, 0.1) is 23.0 Å². The van der Waals surface area contributed by atoms with Crippen LogP contribution in [0.15, 0.2) is 34.2 Å². The predicted molar refractivity (Wildman–Crippen MR) is 106 cm³/mol. The summed E-state index contributed by atoms with van der Waals surface area (Å²) in [6, 6.07) is 4.94. The van der Waals surface area contributed by atoms with Crippen molar-refractivity contribution in [1.29, 1.82) is 0 Å². The van der Waals surface area contributed by atoms with Crippen LogP contribution in [0.25, 0.3) is 0 Å². The van der Waals surface area contributed by atoms with Crippen LogP contribution in [0.3, 0.4) is 0 Å². The van der Waals surface area contributed by atoms with Gasteiger partial charge in [0.15, 0.2) is 5.96 Å². The maximum atomic E-state index is 12.3. The smallest absolute Gasteiger partial charge is 0.270 e. The fourth-order valence-corrected chi connectivity index (χ4v) is 3.92. The Bertz CT molecular complexity index is 793. The molecule has 0 radical (unpaired) electrons. The summed E-state index contributed by atoms with van der Waals surface area (Å²) in [5.41, 5.74) is -0.271. The second kappa shape index (κ2) is 10.3. The van der Waals surface area contributed by atoms with Crippen molar-refractivity contribution in [3.8, 4) is 0 Å². The highest BCUT2D eigenvalue weighted by Crippen LogP contribution is 2.17. The van der Waals surface area contributed by atoms with Crippen LogP contribution in [-0.4, -0.2) is 70.6 Å². The Morgan fingerprint density at radius 2 is 2.25 bits per heavy atom. The quantitative estimate of drug-likeness (QED) is 0.202. The van der Waals surface area contributed by atoms with Crippen LogP contribution in [0, 0.1) is 16.0 Å². The number of benzene rings is 1. The van der Waals surface area contributed by atoms with Crippen molar-refractivity contribution < 1.29 is 18.1 Å². The lowest BCUT2D eigenvalue weighted by Gasteiger charge is -2.24. The topological polar surface area (TPSA) is 126 Å². The molecular formula is C17H27N5O5S. The highest BCUT2D eigenvalue weighted by molar-refractivity contribution is 7.89. The van der Waals surface area contributed by atoms with Gasteiger partial charge in [-0.05, 0) is 19.4 Å². The zero-order valence-corrected chi connectivity index (χ0v) is 16.9. The van der Waals surface area contributed by atoms with Crippen molar-refractivity contribution in [1.82, 2.24) is 14.9 Å². The first-order chi connectivity index (χ1) is 13.3. The molecule has 1 atom stereocenters. The molecule has 28 heavy (non-hydrogen) atoms. The van der Waals surface area contributed by atoms with E-state index in [1.165, 1.54) is 18.2 Å². The molecule has 1 aliphatic heterocycles. The number of rotatable bonds is 9. The molecule has 156 valence electrons. The number of nitrogens with zero attached hydrogens (tertiary/aromatic N) is 3. The van der Waals surface area contributed by atoms with Gasteiger partial charge in [-0.15, -0.1) is 0 Å². The van der Waals surface area contributed by atoms with E-state index in [-0.39, 0.29) is 23.7 Å². The summed E-state index contributed by atoms with van der Waals surface area (Å²) in [5.74, 6) is 1.16. The summed E-state index contributed by atoms with van der Waals surface area (Å²) in [4.78, 5) is 16.5. The van der Waals surface area contributed by atoms with E-state index in [2.05, 4.69) is 15.0 Å². The molecular weight excluding hydrogens is 386 g/mol. The van der Waals surface area contributed by atoms with Crippen molar-refractivity contribution in [3.63, 3.8) is 0 Å². The minimum Gasteiger partial charge on any atom is -0.381 e. The molecule has 0 aromatic heterocycles. The van der Waals surface area contributed by atoms with Gasteiger partial charge in [0.1, 0.15) is 0 Å². The Labute approximate surface area is 165 Å². The van der Waals surface area contributed by atoms with Crippen LogP contribution in [0.4, 0.5) is 5.69 Å². The molecule has 10 nitrogen and oxygen atoms in total. The van der Waals surface area contributed by atoms with Crippen molar-refractivity contribution in [2.24, 2.45) is 10.9 Å². The fraction of sp³-hybridized carbons (Fsp3) is 0.588. The Morgan fingerprint density at radius 3 is 2.89 bits per heavy atom. The number of non-ortho nitro benzene ring substituents is 1. The number of nitrogens with one attached hydrogen (secondary N) is 2. The van der Waals surface area contributed by atoms with E-state index in [1.807, 2.05) is 18.9 Å². The minimum absolute atomic E-state index is 0.0836. The minimum atomic E-state index is -3.84. The zero-order valence-electron chi connectivity index (χ0n) is 16.1. The molecule has 2 N–H and O–H groups in total. The molecule has 2 rings (SSSR count). The molecule has 1 aliphatic rings. The first kappa shape index (κ1) is 22.1. The lowest BCUT2D eigenvalue weighted by atomic mass is 10.1. The van der Waals surface area contributed by atoms with Gasteiger partial charge in [0.2, 0.25) is 10.0 Å². The second-order valence-electron chi connectivity index (χ2n) is 6.50. The van der Waals surface area contributed by atoms with Crippen molar-refractivity contribution in [2.45, 2.75) is 18.2 Å². The van der Waals surface area contributed by atoms with Crippen LogP contribution in [0.1, 0.15) is 13.3 Å². The van der Waals surface area contributed by atoms with Crippen molar-refractivity contribution >= 4 is 21.7 Å². The number of guanidine groups is 1. The maximum Gasteiger partial charge on any atom is 0.270 e. The van der Waals surface area contributed by atoms with E-state index in [1.54, 1.807) is 0 Å². The van der Waals surface area contributed by atoms with Gasteiger partial charge in [-0.1, -0.05) is 6.07 Å². The molecule has 0 saturated carbocycles. The molecule has 11 heteroatoms. The van der Waals surface area contributed by atoms with Crippen LogP contribution in [-0.2, 0) is 14.8 Å². The second-order valence-corrected chi connectivity index (χ2v) is 8.26. The third kappa shape index (κ3) is 6.43. The summed E-state index contributed by atoms with van der Waals surface area (Å²) >= 11 is 0. The highest BCUT2D eigenvalue weighted by Gasteiger charge is 2.19. The Hall–Kier alpha value is -2.24. The standard InChI is InChI=1S/C17H27N5O5S/c1-3-18-17(21(2)12-14-7-10-27-13-14)19-8-9-20-28(25,26)16-6-4-5-15(11-16)22(23)24/h4-6,11,14,20H,3,7-10,12-13H2,1-2H3,(H,18,19). The van der Waals surface area contributed by atoms with Gasteiger partial charge < -0.3 is 15.0 Å². The summed E-state index contributed by atoms with van der Waals surface area (Å²) in [6.45, 7) is 5.32.